The fraction of sp³-hybridized carbons (Fsp3) is 0.483. The predicted molar refractivity (Wildman–Crippen MR) is 143 cm³/mol. The van der Waals surface area contributed by atoms with Gasteiger partial charge in [0.05, 0.1) is 24.5 Å². The van der Waals surface area contributed by atoms with Gasteiger partial charge in [0.2, 0.25) is 5.91 Å². The number of nitrogens with one attached hydrogen (secondary N) is 1. The van der Waals surface area contributed by atoms with Crippen LogP contribution in [-0.2, 0) is 23.2 Å². The van der Waals surface area contributed by atoms with Crippen LogP contribution < -0.4 is 10.2 Å². The minimum absolute atomic E-state index is 0.109. The fourth-order valence-corrected chi connectivity index (χ4v) is 5.65. The smallest absolute Gasteiger partial charge is 0.241 e. The number of aromatic nitrogens is 3. The Labute approximate surface area is 218 Å². The maximum Gasteiger partial charge on any atom is 0.241 e. The number of pyridine rings is 1. The summed E-state index contributed by atoms with van der Waals surface area (Å²) in [6.45, 7) is 14.0. The van der Waals surface area contributed by atoms with Crippen LogP contribution in [-0.4, -0.2) is 63.8 Å². The van der Waals surface area contributed by atoms with Gasteiger partial charge in [-0.15, -0.1) is 0 Å². The van der Waals surface area contributed by atoms with Crippen LogP contribution in [0.4, 0.5) is 10.1 Å². The van der Waals surface area contributed by atoms with Crippen molar-refractivity contribution in [2.24, 2.45) is 0 Å². The second-order valence-electron chi connectivity index (χ2n) is 11.4. The zero-order valence-electron chi connectivity index (χ0n) is 22.5. The van der Waals surface area contributed by atoms with Crippen molar-refractivity contribution in [3.05, 3.63) is 76.6 Å². The molecular weight excluding hydrogens is 467 g/mol. The van der Waals surface area contributed by atoms with Crippen LogP contribution in [0.2, 0.25) is 0 Å². The van der Waals surface area contributed by atoms with Gasteiger partial charge in [0.25, 0.3) is 0 Å². The van der Waals surface area contributed by atoms with Gasteiger partial charge in [-0.3, -0.25) is 19.4 Å². The molecule has 2 aliphatic heterocycles. The lowest BCUT2D eigenvalue weighted by atomic mass is 9.88. The molecule has 0 spiro atoms. The molecule has 1 fully saturated rings. The van der Waals surface area contributed by atoms with Gasteiger partial charge in [-0.1, -0.05) is 26.0 Å². The second-order valence-corrected chi connectivity index (χ2v) is 11.4. The van der Waals surface area contributed by atoms with Gasteiger partial charge in [0.15, 0.2) is 0 Å². The molecule has 1 aromatic carbocycles. The number of hydrogen-bond donors (Lipinski definition) is 1. The van der Waals surface area contributed by atoms with E-state index in [1.165, 1.54) is 12.1 Å². The molecule has 1 N–H and O–H groups in total. The first-order chi connectivity index (χ1) is 17.6. The number of piperazine rings is 1. The third-order valence-corrected chi connectivity index (χ3v) is 7.66. The fourth-order valence-electron chi connectivity index (χ4n) is 5.65. The van der Waals surface area contributed by atoms with E-state index in [4.69, 9.17) is 4.98 Å². The maximum atomic E-state index is 13.8. The van der Waals surface area contributed by atoms with E-state index < -0.39 is 0 Å². The van der Waals surface area contributed by atoms with Crippen molar-refractivity contribution >= 4 is 11.6 Å². The molecule has 196 valence electrons. The molecule has 0 aliphatic carbocycles. The summed E-state index contributed by atoms with van der Waals surface area (Å²) in [6.07, 6.45) is 2.51. The number of hydrogen-bond acceptors (Lipinski definition) is 5. The van der Waals surface area contributed by atoms with Gasteiger partial charge >= 0.3 is 0 Å². The number of aryl methyl sites for hydroxylation is 2. The summed E-state index contributed by atoms with van der Waals surface area (Å²) < 4.78 is 15.4. The average Bonchev–Trinajstić information content (AvgIpc) is 3.30. The number of anilines is 1. The van der Waals surface area contributed by atoms with Gasteiger partial charge in [0, 0.05) is 66.7 Å². The molecule has 2 aromatic heterocycles. The van der Waals surface area contributed by atoms with E-state index >= 15 is 0 Å². The lowest BCUT2D eigenvalue weighted by Crippen LogP contribution is -2.59. The van der Waals surface area contributed by atoms with E-state index in [1.54, 1.807) is 12.1 Å². The van der Waals surface area contributed by atoms with E-state index in [-0.39, 0.29) is 23.2 Å². The second kappa shape index (κ2) is 9.99. The Morgan fingerprint density at radius 3 is 2.65 bits per heavy atom. The summed E-state index contributed by atoms with van der Waals surface area (Å²) in [7, 11) is 0. The minimum atomic E-state index is -0.248. The zero-order chi connectivity index (χ0) is 26.3. The molecular formula is C29H37FN6O. The molecule has 7 nitrogen and oxygen atoms in total. The summed E-state index contributed by atoms with van der Waals surface area (Å²) in [5, 5.41) is 8.23. The molecule has 0 saturated carbocycles. The number of rotatable bonds is 6. The highest BCUT2D eigenvalue weighted by Crippen LogP contribution is 2.40. The number of carbonyl (C=O) groups excluding carboxylic acids is 1. The molecule has 8 heteroatoms. The Hall–Kier alpha value is -3.10. The number of nitrogens with zero attached hydrogens (tertiary/aromatic N) is 5. The average molecular weight is 505 g/mol. The molecule has 1 saturated heterocycles. The first-order valence-corrected chi connectivity index (χ1v) is 13.1. The van der Waals surface area contributed by atoms with Crippen LogP contribution in [0, 0.1) is 19.7 Å². The lowest BCUT2D eigenvalue weighted by molar-refractivity contribution is -0.120. The molecule has 3 aromatic rings. The molecule has 0 bridgehead atoms. The van der Waals surface area contributed by atoms with E-state index in [0.717, 1.165) is 53.5 Å². The maximum absolute atomic E-state index is 13.8. The summed E-state index contributed by atoms with van der Waals surface area (Å²) in [6, 6.07) is 11.1. The van der Waals surface area contributed by atoms with Crippen molar-refractivity contribution in [2.45, 2.75) is 65.1 Å². The number of carbonyl (C=O) groups is 1. The van der Waals surface area contributed by atoms with E-state index in [2.05, 4.69) is 53.8 Å². The molecule has 2 aliphatic rings. The van der Waals surface area contributed by atoms with Crippen molar-refractivity contribution in [1.82, 2.24) is 25.0 Å². The molecule has 0 radical (unpaired) electrons. The first kappa shape index (κ1) is 25.5. The van der Waals surface area contributed by atoms with Crippen LogP contribution in [0.1, 0.15) is 49.0 Å². The monoisotopic (exact) mass is 504 g/mol. The lowest BCUT2D eigenvalue weighted by Gasteiger charge is -2.39. The highest BCUT2D eigenvalue weighted by Gasteiger charge is 2.40. The molecule has 1 amide bonds. The van der Waals surface area contributed by atoms with Crippen molar-refractivity contribution in [3.63, 3.8) is 0 Å². The largest absolute Gasteiger partial charge is 0.311 e. The number of halogens is 1. The van der Waals surface area contributed by atoms with Crippen LogP contribution in [0.15, 0.2) is 42.6 Å². The Balaban J connectivity index is 1.36. The van der Waals surface area contributed by atoms with Crippen molar-refractivity contribution in [3.8, 4) is 0 Å². The third-order valence-electron chi connectivity index (χ3n) is 7.66. The molecule has 37 heavy (non-hydrogen) atoms. The van der Waals surface area contributed by atoms with Gasteiger partial charge < -0.3 is 10.2 Å². The summed E-state index contributed by atoms with van der Waals surface area (Å²) in [5.74, 6) is -0.138. The highest BCUT2D eigenvalue weighted by molar-refractivity contribution is 5.97. The van der Waals surface area contributed by atoms with Crippen LogP contribution in [0.5, 0.6) is 0 Å². The molecule has 1 unspecified atom stereocenters. The number of benzene rings is 1. The molecule has 4 heterocycles. The first-order valence-electron chi connectivity index (χ1n) is 13.1. The Morgan fingerprint density at radius 2 is 1.95 bits per heavy atom. The van der Waals surface area contributed by atoms with Crippen LogP contribution in [0.25, 0.3) is 0 Å². The Morgan fingerprint density at radius 1 is 1.19 bits per heavy atom. The summed E-state index contributed by atoms with van der Waals surface area (Å²) >= 11 is 0. The summed E-state index contributed by atoms with van der Waals surface area (Å²) in [4.78, 5) is 22.8. The normalized spacial score (nSPS) is 21.3. The molecule has 2 atom stereocenters. The van der Waals surface area contributed by atoms with E-state index in [1.807, 2.05) is 24.1 Å². The van der Waals surface area contributed by atoms with Crippen LogP contribution in [0.3, 0.4) is 0 Å². The standard InChI is InChI=1S/C29H37FN6O/c1-19-10-21(3)36(33-19)16-25-13-31-20(2)15-34(25)17-28(37)35-18-29(4,5)26-14-32-24(12-27(26)35)11-22-6-8-23(30)9-7-22/h6-10,12,14,20,25,31H,11,13,15-18H2,1-5H3/t20-,25?/m1/s1. The minimum Gasteiger partial charge on any atom is -0.311 e. The quantitative estimate of drug-likeness (QED) is 0.556. The van der Waals surface area contributed by atoms with Gasteiger partial charge in [-0.2, -0.15) is 5.10 Å². The molecule has 5 rings (SSSR count). The third kappa shape index (κ3) is 5.45. The Kier molecular flexibility index (Phi) is 6.89. The van der Waals surface area contributed by atoms with Crippen molar-refractivity contribution < 1.29 is 9.18 Å². The SMILES string of the molecule is Cc1cc(C)n(CC2CN[C@H](C)CN2CC(=O)N2CC(C)(C)c3cnc(Cc4ccc(F)cc4)cc32)n1. The number of amides is 1. The highest BCUT2D eigenvalue weighted by atomic mass is 19.1. The summed E-state index contributed by atoms with van der Waals surface area (Å²) in [5.41, 5.74) is 5.88. The van der Waals surface area contributed by atoms with E-state index in [0.29, 0.717) is 25.6 Å². The van der Waals surface area contributed by atoms with Gasteiger partial charge in [0.1, 0.15) is 5.82 Å². The number of fused-ring (bicyclic) bond motifs is 1. The van der Waals surface area contributed by atoms with E-state index in [9.17, 15) is 9.18 Å². The topological polar surface area (TPSA) is 66.3 Å². The van der Waals surface area contributed by atoms with Gasteiger partial charge in [-0.05, 0) is 50.6 Å². The van der Waals surface area contributed by atoms with Crippen molar-refractivity contribution in [1.29, 1.82) is 0 Å². The van der Waals surface area contributed by atoms with Gasteiger partial charge in [-0.25, -0.2) is 4.39 Å². The van der Waals surface area contributed by atoms with Crippen LogP contribution >= 0.6 is 0 Å². The Bertz CT molecular complexity index is 1280. The predicted octanol–water partition coefficient (Wildman–Crippen LogP) is 3.61. The zero-order valence-corrected chi connectivity index (χ0v) is 22.5. The van der Waals surface area contributed by atoms with Crippen molar-refractivity contribution in [2.75, 3.05) is 31.1 Å².